The van der Waals surface area contributed by atoms with Crippen LogP contribution in [-0.4, -0.2) is 62.0 Å². The smallest absolute Gasteiger partial charge is 0.229 e. The van der Waals surface area contributed by atoms with Crippen LogP contribution in [0.4, 0.5) is 11.4 Å². The topological polar surface area (TPSA) is 54.4 Å². The molecule has 0 radical (unpaired) electrons. The molecule has 0 unspecified atom stereocenters. The van der Waals surface area contributed by atoms with Crippen LogP contribution in [0.15, 0.2) is 59.1 Å². The summed E-state index contributed by atoms with van der Waals surface area (Å²) in [5.41, 5.74) is 5.98. The molecule has 1 aliphatic carbocycles. The summed E-state index contributed by atoms with van der Waals surface area (Å²) in [7, 11) is 1.68. The zero-order valence-corrected chi connectivity index (χ0v) is 19.9. The van der Waals surface area contributed by atoms with Crippen LogP contribution in [0.5, 0.6) is 5.75 Å². The third-order valence-electron chi connectivity index (χ3n) is 9.77. The molecule has 178 valence electrons. The fraction of sp³-hybridized carbons (Fsp3) is 0.448. The van der Waals surface area contributed by atoms with Crippen LogP contribution >= 0.6 is 0 Å². The van der Waals surface area contributed by atoms with Crippen molar-refractivity contribution in [3.63, 3.8) is 0 Å². The number of nitrogens with zero attached hydrogens (tertiary/aromatic N) is 3. The average molecular weight is 468 g/mol. The molecule has 6 heteroatoms. The Hall–Kier alpha value is -2.96. The minimum atomic E-state index is -0.0182. The lowest BCUT2D eigenvalue weighted by Crippen LogP contribution is -2.69. The van der Waals surface area contributed by atoms with Crippen LogP contribution in [-0.2, 0) is 14.9 Å². The van der Waals surface area contributed by atoms with Gasteiger partial charge >= 0.3 is 0 Å². The lowest BCUT2D eigenvalue weighted by atomic mass is 9.53. The Labute approximate surface area is 205 Å². The summed E-state index contributed by atoms with van der Waals surface area (Å²) in [4.78, 5) is 23.3. The number of benzene rings is 2. The number of hydrogen-bond donors (Lipinski definition) is 0. The molecule has 1 saturated carbocycles. The predicted molar refractivity (Wildman–Crippen MR) is 134 cm³/mol. The summed E-state index contributed by atoms with van der Waals surface area (Å²) >= 11 is 0. The van der Waals surface area contributed by atoms with E-state index in [-0.39, 0.29) is 23.5 Å². The van der Waals surface area contributed by atoms with E-state index in [0.717, 1.165) is 42.2 Å². The van der Waals surface area contributed by atoms with Gasteiger partial charge in [-0.3, -0.25) is 14.7 Å². The number of amides is 1. The van der Waals surface area contributed by atoms with Crippen molar-refractivity contribution in [3.05, 3.63) is 65.2 Å². The quantitative estimate of drug-likeness (QED) is 0.508. The number of fused-ring (bicyclic) bond motifs is 2. The molecule has 5 heterocycles. The number of carbonyl (C=O) groups is 1. The van der Waals surface area contributed by atoms with Crippen molar-refractivity contribution in [2.24, 2.45) is 16.8 Å². The highest BCUT2D eigenvalue weighted by Crippen LogP contribution is 2.66. The van der Waals surface area contributed by atoms with Gasteiger partial charge in [0, 0.05) is 35.8 Å². The third kappa shape index (κ3) is 2.56. The second-order valence-corrected chi connectivity index (χ2v) is 11.0. The van der Waals surface area contributed by atoms with Crippen LogP contribution in [0.25, 0.3) is 0 Å². The number of carbonyl (C=O) groups excluding carboxylic acids is 1. The number of hydrogen-bond acceptors (Lipinski definition) is 5. The molecule has 1 amide bonds. The van der Waals surface area contributed by atoms with E-state index in [1.54, 1.807) is 12.7 Å². The Kier molecular flexibility index (Phi) is 4.08. The first-order valence-corrected chi connectivity index (χ1v) is 12.9. The Bertz CT molecular complexity index is 1300. The van der Waals surface area contributed by atoms with Crippen LogP contribution in [0.2, 0.25) is 0 Å². The molecule has 2 bridgehead atoms. The number of aliphatic imine (C=N–C) groups is 1. The standard InChI is InChI=1S/C29H29N3O3/c1-34-20-5-2-17(3-6-20)15-30-19-4-7-23-22(12-19)29-9-10-31-16-18-8-11-35-24-14-26(33)32(23)28(29)27(24)21(18)13-25(29)31/h2-8,12,15,21,24-25,27-28H,9-11,13-14,16H2,1H3/t21-,24-,25-,27-,28-,29-/m1/s1. The van der Waals surface area contributed by atoms with Gasteiger partial charge in [-0.1, -0.05) is 11.6 Å². The van der Waals surface area contributed by atoms with E-state index in [9.17, 15) is 4.79 Å². The zero-order valence-electron chi connectivity index (χ0n) is 19.9. The second-order valence-electron chi connectivity index (χ2n) is 11.0. The molecule has 2 aromatic rings. The number of methoxy groups -OCH3 is 1. The summed E-state index contributed by atoms with van der Waals surface area (Å²) in [6.07, 6.45) is 7.07. The predicted octanol–water partition coefficient (Wildman–Crippen LogP) is 3.85. The van der Waals surface area contributed by atoms with Gasteiger partial charge in [-0.15, -0.1) is 0 Å². The van der Waals surface area contributed by atoms with Gasteiger partial charge in [0.1, 0.15) is 5.75 Å². The number of anilines is 1. The van der Waals surface area contributed by atoms with E-state index in [0.29, 0.717) is 30.9 Å². The minimum Gasteiger partial charge on any atom is -0.497 e. The van der Waals surface area contributed by atoms with Gasteiger partial charge in [0.15, 0.2) is 0 Å². The monoisotopic (exact) mass is 467 g/mol. The molecule has 0 N–H and O–H groups in total. The summed E-state index contributed by atoms with van der Waals surface area (Å²) in [5.74, 6) is 1.99. The van der Waals surface area contributed by atoms with Crippen molar-refractivity contribution in [1.29, 1.82) is 0 Å². The fourth-order valence-corrected chi connectivity index (χ4v) is 8.46. The van der Waals surface area contributed by atoms with Crippen molar-refractivity contribution < 1.29 is 14.3 Å². The lowest BCUT2D eigenvalue weighted by molar-refractivity contribution is -0.132. The maximum Gasteiger partial charge on any atom is 0.229 e. The van der Waals surface area contributed by atoms with Gasteiger partial charge in [0.05, 0.1) is 38.0 Å². The largest absolute Gasteiger partial charge is 0.497 e. The molecule has 3 saturated heterocycles. The lowest BCUT2D eigenvalue weighted by Gasteiger charge is -2.58. The highest BCUT2D eigenvalue weighted by atomic mass is 16.5. The van der Waals surface area contributed by atoms with E-state index in [4.69, 9.17) is 14.5 Å². The fourth-order valence-electron chi connectivity index (χ4n) is 8.46. The average Bonchev–Trinajstić information content (AvgIpc) is 3.35. The number of rotatable bonds is 3. The first-order valence-electron chi connectivity index (χ1n) is 12.9. The summed E-state index contributed by atoms with van der Waals surface area (Å²) in [6.45, 7) is 2.81. The number of ether oxygens (including phenoxy) is 2. The molecule has 4 fully saturated rings. The van der Waals surface area contributed by atoms with Crippen molar-refractivity contribution in [2.75, 3.05) is 31.7 Å². The molecule has 6 aliphatic rings. The maximum atomic E-state index is 13.6. The molecular weight excluding hydrogens is 438 g/mol. The second kappa shape index (κ2) is 7.05. The van der Waals surface area contributed by atoms with Crippen LogP contribution < -0.4 is 9.64 Å². The van der Waals surface area contributed by atoms with Gasteiger partial charge in [-0.05, 0) is 78.9 Å². The SMILES string of the molecule is COc1ccc(C=Nc2ccc3c(c2)[C@@]24CCN5CC6=CCO[C@@H]7CC(=O)N3[C@@H]2[C@@H]7[C@@H]6C[C@@H]54)cc1. The molecule has 8 rings (SSSR count). The van der Waals surface area contributed by atoms with Crippen molar-refractivity contribution >= 4 is 23.5 Å². The van der Waals surface area contributed by atoms with Gasteiger partial charge in [0.2, 0.25) is 5.91 Å². The molecule has 35 heavy (non-hydrogen) atoms. The van der Waals surface area contributed by atoms with E-state index in [1.165, 1.54) is 12.0 Å². The first-order chi connectivity index (χ1) is 17.2. The van der Waals surface area contributed by atoms with Crippen LogP contribution in [0.3, 0.4) is 0 Å². The molecule has 5 aliphatic heterocycles. The Morgan fingerprint density at radius 1 is 1.20 bits per heavy atom. The van der Waals surface area contributed by atoms with E-state index < -0.39 is 0 Å². The molecule has 6 nitrogen and oxygen atoms in total. The normalized spacial score (nSPS) is 36.3. The van der Waals surface area contributed by atoms with Crippen molar-refractivity contribution in [3.8, 4) is 5.75 Å². The maximum absolute atomic E-state index is 13.6. The third-order valence-corrected chi connectivity index (χ3v) is 9.77. The van der Waals surface area contributed by atoms with E-state index in [2.05, 4.69) is 34.1 Å². The molecule has 1 spiro atoms. The molecular formula is C29H29N3O3. The van der Waals surface area contributed by atoms with E-state index in [1.807, 2.05) is 30.5 Å². The number of piperidine rings is 2. The molecule has 0 aromatic heterocycles. The Morgan fingerprint density at radius 2 is 2.09 bits per heavy atom. The van der Waals surface area contributed by atoms with Gasteiger partial charge in [0.25, 0.3) is 0 Å². The van der Waals surface area contributed by atoms with Crippen molar-refractivity contribution in [1.82, 2.24) is 4.90 Å². The Balaban J connectivity index is 1.25. The zero-order chi connectivity index (χ0) is 23.3. The van der Waals surface area contributed by atoms with Crippen LogP contribution in [0.1, 0.15) is 30.4 Å². The molecule has 6 atom stereocenters. The van der Waals surface area contributed by atoms with Gasteiger partial charge in [-0.25, -0.2) is 0 Å². The molecule has 2 aromatic carbocycles. The van der Waals surface area contributed by atoms with Gasteiger partial charge < -0.3 is 14.4 Å². The Morgan fingerprint density at radius 3 is 2.94 bits per heavy atom. The summed E-state index contributed by atoms with van der Waals surface area (Å²) < 4.78 is 11.6. The first kappa shape index (κ1) is 20.3. The van der Waals surface area contributed by atoms with Gasteiger partial charge in [-0.2, -0.15) is 0 Å². The summed E-state index contributed by atoms with van der Waals surface area (Å²) in [5, 5.41) is 0. The minimum absolute atomic E-state index is 0.0182. The van der Waals surface area contributed by atoms with Crippen molar-refractivity contribution in [2.45, 2.75) is 42.9 Å². The van der Waals surface area contributed by atoms with Crippen LogP contribution in [0, 0.1) is 11.8 Å². The van der Waals surface area contributed by atoms with E-state index >= 15 is 0 Å². The highest BCUT2D eigenvalue weighted by molar-refractivity contribution is 5.99. The highest BCUT2D eigenvalue weighted by Gasteiger charge is 2.71. The summed E-state index contributed by atoms with van der Waals surface area (Å²) in [6, 6.07) is 15.1.